The minimum Gasteiger partial charge on any atom is -0.464 e. The van der Waals surface area contributed by atoms with Gasteiger partial charge in [-0.05, 0) is 32.0 Å². The number of nitrogens with zero attached hydrogens (tertiary/aromatic N) is 1. The lowest BCUT2D eigenvalue weighted by Crippen LogP contribution is -2.33. The van der Waals surface area contributed by atoms with E-state index in [0.29, 0.717) is 23.8 Å². The zero-order valence-electron chi connectivity index (χ0n) is 12.5. The van der Waals surface area contributed by atoms with Crippen LogP contribution in [0.4, 0.5) is 13.2 Å². The maximum atomic E-state index is 12.6. The molecule has 1 N–H and O–H groups in total. The van der Waals surface area contributed by atoms with E-state index in [1.54, 1.807) is 26.0 Å². The number of aryl methyl sites for hydroxylation is 1. The first-order chi connectivity index (χ1) is 10.7. The Bertz CT molecular complexity index is 762. The number of carbonyl (C=O) groups is 1. The third-order valence-corrected chi connectivity index (χ3v) is 3.19. The van der Waals surface area contributed by atoms with Crippen molar-refractivity contribution in [1.29, 1.82) is 0 Å². The van der Waals surface area contributed by atoms with Crippen molar-refractivity contribution in [3.05, 3.63) is 57.9 Å². The molecule has 0 aliphatic carbocycles. The van der Waals surface area contributed by atoms with E-state index in [1.807, 2.05) is 0 Å². The van der Waals surface area contributed by atoms with Gasteiger partial charge in [-0.25, -0.2) is 0 Å². The van der Waals surface area contributed by atoms with Crippen LogP contribution in [0.3, 0.4) is 0 Å². The van der Waals surface area contributed by atoms with E-state index in [1.165, 1.54) is 0 Å². The molecule has 2 heterocycles. The van der Waals surface area contributed by atoms with Crippen molar-refractivity contribution >= 4 is 5.91 Å². The summed E-state index contributed by atoms with van der Waals surface area (Å²) in [6.45, 7) is 2.91. The van der Waals surface area contributed by atoms with Gasteiger partial charge >= 0.3 is 6.18 Å². The Balaban J connectivity index is 2.09. The van der Waals surface area contributed by atoms with E-state index >= 15 is 0 Å². The molecule has 2 aromatic heterocycles. The van der Waals surface area contributed by atoms with Crippen LogP contribution in [0, 0.1) is 6.92 Å². The molecule has 8 heteroatoms. The van der Waals surface area contributed by atoms with E-state index in [-0.39, 0.29) is 0 Å². The summed E-state index contributed by atoms with van der Waals surface area (Å²) in [5.41, 5.74) is -1.67. The first-order valence-corrected chi connectivity index (χ1v) is 6.80. The number of aromatic nitrogens is 1. The van der Waals surface area contributed by atoms with E-state index in [9.17, 15) is 22.8 Å². The van der Waals surface area contributed by atoms with Gasteiger partial charge in [-0.2, -0.15) is 13.2 Å². The van der Waals surface area contributed by atoms with Crippen LogP contribution < -0.4 is 10.9 Å². The number of hydrogen-bond donors (Lipinski definition) is 1. The zero-order chi connectivity index (χ0) is 17.2. The smallest absolute Gasteiger partial charge is 0.417 e. The second-order valence-corrected chi connectivity index (χ2v) is 5.12. The average molecular weight is 328 g/mol. The highest BCUT2D eigenvalue weighted by molar-refractivity contribution is 5.76. The van der Waals surface area contributed by atoms with Crippen molar-refractivity contribution in [1.82, 2.24) is 9.88 Å². The molecule has 0 bridgehead atoms. The van der Waals surface area contributed by atoms with Crippen LogP contribution in [0.25, 0.3) is 0 Å². The highest BCUT2D eigenvalue weighted by atomic mass is 19.4. The summed E-state index contributed by atoms with van der Waals surface area (Å²) in [6, 6.07) is 4.43. The Hall–Kier alpha value is -2.51. The molecular weight excluding hydrogens is 313 g/mol. The zero-order valence-corrected chi connectivity index (χ0v) is 12.5. The molecule has 23 heavy (non-hydrogen) atoms. The summed E-state index contributed by atoms with van der Waals surface area (Å²) in [4.78, 5) is 23.5. The number of amides is 1. The quantitative estimate of drug-likeness (QED) is 0.938. The fourth-order valence-corrected chi connectivity index (χ4v) is 2.02. The van der Waals surface area contributed by atoms with Gasteiger partial charge in [0.2, 0.25) is 5.91 Å². The van der Waals surface area contributed by atoms with Crippen molar-refractivity contribution in [3.8, 4) is 0 Å². The topological polar surface area (TPSA) is 64.2 Å². The van der Waals surface area contributed by atoms with Crippen molar-refractivity contribution < 1.29 is 22.4 Å². The summed E-state index contributed by atoms with van der Waals surface area (Å²) in [6.07, 6.45) is -3.95. The van der Waals surface area contributed by atoms with Gasteiger partial charge in [0, 0.05) is 12.3 Å². The second kappa shape index (κ2) is 6.31. The predicted octanol–water partition coefficient (Wildman–Crippen LogP) is 2.65. The molecule has 0 aliphatic heterocycles. The largest absolute Gasteiger partial charge is 0.464 e. The lowest BCUT2D eigenvalue weighted by Gasteiger charge is -2.13. The summed E-state index contributed by atoms with van der Waals surface area (Å²) >= 11 is 0. The second-order valence-electron chi connectivity index (χ2n) is 5.12. The van der Waals surface area contributed by atoms with Gasteiger partial charge in [-0.1, -0.05) is 0 Å². The van der Waals surface area contributed by atoms with Crippen LogP contribution in [-0.4, -0.2) is 10.5 Å². The van der Waals surface area contributed by atoms with E-state index < -0.39 is 35.8 Å². The Morgan fingerprint density at radius 1 is 1.30 bits per heavy atom. The standard InChI is InChI=1S/C15H15F3N2O3/c1-9-3-5-12(23-9)10(2)19-13(21)8-20-7-11(15(16,17)18)4-6-14(20)22/h3-7,10H,8H2,1-2H3,(H,19,21). The van der Waals surface area contributed by atoms with Gasteiger partial charge in [0.1, 0.15) is 18.1 Å². The SMILES string of the molecule is Cc1ccc(C(C)NC(=O)Cn2cc(C(F)(F)F)ccc2=O)o1. The molecule has 0 spiro atoms. The number of rotatable bonds is 4. The van der Waals surface area contributed by atoms with Crippen LogP contribution >= 0.6 is 0 Å². The number of carbonyl (C=O) groups excluding carboxylic acids is 1. The van der Waals surface area contributed by atoms with Crippen molar-refractivity contribution in [2.45, 2.75) is 32.6 Å². The molecule has 2 aromatic rings. The summed E-state index contributed by atoms with van der Waals surface area (Å²) in [5, 5.41) is 2.57. The van der Waals surface area contributed by atoms with Gasteiger partial charge in [0.15, 0.2) is 0 Å². The number of pyridine rings is 1. The predicted molar refractivity (Wildman–Crippen MR) is 75.7 cm³/mol. The maximum absolute atomic E-state index is 12.6. The van der Waals surface area contributed by atoms with Crippen LogP contribution in [0.15, 0.2) is 39.7 Å². The third-order valence-electron chi connectivity index (χ3n) is 3.19. The molecule has 1 unspecified atom stereocenters. The molecule has 0 fully saturated rings. The van der Waals surface area contributed by atoms with Gasteiger partial charge in [0.25, 0.3) is 5.56 Å². The maximum Gasteiger partial charge on any atom is 0.417 e. The molecule has 2 rings (SSSR count). The molecule has 0 radical (unpaired) electrons. The average Bonchev–Trinajstić information content (AvgIpc) is 2.86. The molecule has 5 nitrogen and oxygen atoms in total. The molecule has 1 atom stereocenters. The van der Waals surface area contributed by atoms with Crippen LogP contribution in [0.2, 0.25) is 0 Å². The summed E-state index contributed by atoms with van der Waals surface area (Å²) < 4.78 is 44.0. The fourth-order valence-electron chi connectivity index (χ4n) is 2.02. The molecule has 0 saturated heterocycles. The highest BCUT2D eigenvalue weighted by Gasteiger charge is 2.31. The normalized spacial score (nSPS) is 12.9. The summed E-state index contributed by atoms with van der Waals surface area (Å²) in [7, 11) is 0. The third kappa shape index (κ3) is 4.24. The minimum absolute atomic E-state index is 0.460. The van der Waals surface area contributed by atoms with Gasteiger partial charge < -0.3 is 14.3 Å². The number of furan rings is 1. The number of hydrogen-bond acceptors (Lipinski definition) is 3. The molecule has 124 valence electrons. The fraction of sp³-hybridized carbons (Fsp3) is 0.333. The van der Waals surface area contributed by atoms with Gasteiger partial charge in [-0.3, -0.25) is 9.59 Å². The Kier molecular flexibility index (Phi) is 4.63. The van der Waals surface area contributed by atoms with Crippen LogP contribution in [0.1, 0.15) is 30.0 Å². The molecule has 0 aromatic carbocycles. The van der Waals surface area contributed by atoms with Crippen molar-refractivity contribution in [3.63, 3.8) is 0 Å². The first kappa shape index (κ1) is 16.9. The summed E-state index contributed by atoms with van der Waals surface area (Å²) in [5.74, 6) is 0.607. The minimum atomic E-state index is -4.58. The molecule has 0 saturated carbocycles. The Morgan fingerprint density at radius 2 is 2.00 bits per heavy atom. The first-order valence-electron chi connectivity index (χ1n) is 6.80. The number of alkyl halides is 3. The lowest BCUT2D eigenvalue weighted by molar-refractivity contribution is -0.138. The van der Waals surface area contributed by atoms with Gasteiger partial charge in [-0.15, -0.1) is 0 Å². The van der Waals surface area contributed by atoms with Gasteiger partial charge in [0.05, 0.1) is 11.6 Å². The number of nitrogens with one attached hydrogen (secondary N) is 1. The van der Waals surface area contributed by atoms with Crippen molar-refractivity contribution in [2.75, 3.05) is 0 Å². The van der Waals surface area contributed by atoms with Crippen LogP contribution in [0.5, 0.6) is 0 Å². The van der Waals surface area contributed by atoms with E-state index in [0.717, 1.165) is 10.6 Å². The molecule has 1 amide bonds. The van der Waals surface area contributed by atoms with E-state index in [2.05, 4.69) is 5.32 Å². The monoisotopic (exact) mass is 328 g/mol. The number of halogens is 3. The van der Waals surface area contributed by atoms with Crippen LogP contribution in [-0.2, 0) is 17.5 Å². The highest BCUT2D eigenvalue weighted by Crippen LogP contribution is 2.28. The Labute approximate surface area is 129 Å². The van der Waals surface area contributed by atoms with Crippen molar-refractivity contribution in [2.24, 2.45) is 0 Å². The Morgan fingerprint density at radius 3 is 2.57 bits per heavy atom. The van der Waals surface area contributed by atoms with E-state index in [4.69, 9.17) is 4.42 Å². The molecular formula is C15H15F3N2O3. The lowest BCUT2D eigenvalue weighted by atomic mass is 10.2. The molecule has 0 aliphatic rings.